The zero-order valence-electron chi connectivity index (χ0n) is 5.95. The van der Waals surface area contributed by atoms with Gasteiger partial charge in [0.05, 0.1) is 0 Å². The zero-order valence-corrected chi connectivity index (χ0v) is 8.35. The van der Waals surface area contributed by atoms with Crippen LogP contribution >= 0.6 is 15.9 Å². The summed E-state index contributed by atoms with van der Waals surface area (Å²) in [5, 5.41) is 0. The second-order valence-corrected chi connectivity index (χ2v) is 4.14. The van der Waals surface area contributed by atoms with Gasteiger partial charge in [-0.15, -0.1) is 0 Å². The third-order valence-corrected chi connectivity index (χ3v) is 2.72. The van der Waals surface area contributed by atoms with Crippen LogP contribution in [-0.4, -0.2) is 7.05 Å². The lowest BCUT2D eigenvalue weighted by Crippen LogP contribution is -1.76. The molecular formula is C7H7BrNOS-. The van der Waals surface area contributed by atoms with Gasteiger partial charge in [-0.2, -0.15) is 10.6 Å². The highest BCUT2D eigenvalue weighted by atomic mass is 79.9. The Kier molecular flexibility index (Phi) is 3.08. The minimum Gasteiger partial charge on any atom is -0.440 e. The van der Waals surface area contributed by atoms with Crippen molar-refractivity contribution < 1.29 is 4.21 Å². The van der Waals surface area contributed by atoms with Gasteiger partial charge in [-0.3, -0.25) is 0 Å². The lowest BCUT2D eigenvalue weighted by atomic mass is 10.4. The van der Waals surface area contributed by atoms with Gasteiger partial charge in [-0.25, -0.2) is 0 Å². The highest BCUT2D eigenvalue weighted by Crippen LogP contribution is 2.11. The van der Waals surface area contributed by atoms with Crippen molar-refractivity contribution in [2.75, 3.05) is 7.05 Å². The van der Waals surface area contributed by atoms with E-state index in [-0.39, 0.29) is 0 Å². The molecule has 0 atom stereocenters. The summed E-state index contributed by atoms with van der Waals surface area (Å²) in [6.45, 7) is 0. The second kappa shape index (κ2) is 3.88. The van der Waals surface area contributed by atoms with Crippen LogP contribution in [0.15, 0.2) is 38.0 Å². The molecule has 60 valence electrons. The van der Waals surface area contributed by atoms with E-state index in [1.807, 2.05) is 12.1 Å². The summed E-state index contributed by atoms with van der Waals surface area (Å²) in [5.74, 6) is 0. The van der Waals surface area contributed by atoms with Gasteiger partial charge in [0.2, 0.25) is 0 Å². The first kappa shape index (κ1) is 8.74. The predicted molar refractivity (Wildman–Crippen MR) is 48.8 cm³/mol. The molecular weight excluding hydrogens is 226 g/mol. The molecule has 0 heterocycles. The van der Waals surface area contributed by atoms with Gasteiger partial charge in [0, 0.05) is 11.5 Å². The van der Waals surface area contributed by atoms with E-state index in [1.165, 1.54) is 7.05 Å². The highest BCUT2D eigenvalue weighted by Gasteiger charge is 1.83. The Morgan fingerprint density at radius 2 is 1.91 bits per heavy atom. The van der Waals surface area contributed by atoms with Crippen LogP contribution in [0.3, 0.4) is 0 Å². The minimum absolute atomic E-state index is 0.732. The molecule has 0 aliphatic carbocycles. The highest BCUT2D eigenvalue weighted by molar-refractivity contribution is 9.10. The topological polar surface area (TPSA) is 29.4 Å². The zero-order chi connectivity index (χ0) is 8.27. The molecule has 1 aromatic carbocycles. The smallest absolute Gasteiger partial charge is 0.0174 e. The fourth-order valence-corrected chi connectivity index (χ4v) is 1.50. The fourth-order valence-electron chi connectivity index (χ4n) is 0.656. The fraction of sp³-hybridized carbons (Fsp3) is 0.143. The Morgan fingerprint density at radius 1 is 1.36 bits per heavy atom. The molecule has 0 N–H and O–H groups in total. The second-order valence-electron chi connectivity index (χ2n) is 1.89. The van der Waals surface area contributed by atoms with Gasteiger partial charge in [-0.1, -0.05) is 33.0 Å². The first-order chi connectivity index (χ1) is 5.24. The van der Waals surface area contributed by atoms with Crippen LogP contribution in [0.4, 0.5) is 0 Å². The largest absolute Gasteiger partial charge is 0.440 e. The van der Waals surface area contributed by atoms with Crippen LogP contribution < -0.4 is 0 Å². The van der Waals surface area contributed by atoms with E-state index >= 15 is 0 Å². The van der Waals surface area contributed by atoms with Crippen molar-refractivity contribution in [1.82, 2.24) is 0 Å². The minimum atomic E-state index is -1.19. The average molecular weight is 233 g/mol. The molecule has 0 saturated carbocycles. The van der Waals surface area contributed by atoms with Gasteiger partial charge >= 0.3 is 0 Å². The van der Waals surface area contributed by atoms with Crippen molar-refractivity contribution in [1.29, 1.82) is 0 Å². The third-order valence-electron chi connectivity index (χ3n) is 1.18. The van der Waals surface area contributed by atoms with Crippen LogP contribution in [0.1, 0.15) is 0 Å². The van der Waals surface area contributed by atoms with Crippen molar-refractivity contribution in [2.45, 2.75) is 4.90 Å². The van der Waals surface area contributed by atoms with E-state index in [0.717, 1.165) is 9.37 Å². The molecule has 0 bridgehead atoms. The van der Waals surface area contributed by atoms with Gasteiger partial charge in [0.25, 0.3) is 0 Å². The lowest BCUT2D eigenvalue weighted by molar-refractivity contribution is 0.600. The first-order valence-electron chi connectivity index (χ1n) is 3.01. The summed E-state index contributed by atoms with van der Waals surface area (Å²) in [4.78, 5) is 0.732. The number of hydrogen-bond acceptors (Lipinski definition) is 3. The molecule has 0 aromatic heterocycles. The Labute approximate surface area is 76.0 Å². The maximum atomic E-state index is 11.1. The summed E-state index contributed by atoms with van der Waals surface area (Å²) in [7, 11) is 0.345. The molecule has 0 saturated heterocycles. The molecule has 0 aliphatic heterocycles. The van der Waals surface area contributed by atoms with Gasteiger partial charge in [0.15, 0.2) is 0 Å². The first-order valence-corrected chi connectivity index (χ1v) is 4.91. The van der Waals surface area contributed by atoms with Crippen molar-refractivity contribution in [3.63, 3.8) is 0 Å². The van der Waals surface area contributed by atoms with E-state index in [0.29, 0.717) is 0 Å². The predicted octanol–water partition coefficient (Wildman–Crippen LogP) is 2.59. The molecule has 4 heteroatoms. The normalized spacial score (nSPS) is 13.3. The van der Waals surface area contributed by atoms with Crippen LogP contribution in [0, 0.1) is 0 Å². The van der Waals surface area contributed by atoms with Crippen molar-refractivity contribution in [3.05, 3.63) is 28.7 Å². The quantitative estimate of drug-likeness (QED) is 0.685. The van der Waals surface area contributed by atoms with Crippen LogP contribution in [0.2, 0.25) is 0 Å². The molecule has 0 spiro atoms. The molecule has 2 nitrogen and oxygen atoms in total. The SMILES string of the molecule is CN=[S-](=O)c1ccc(Br)cc1. The molecule has 11 heavy (non-hydrogen) atoms. The standard InChI is InChI=1S/C7H7BrNOS/c1-9-11(10)7-4-2-6(8)3-5-7/h2-5H,1H3/q-1. The van der Waals surface area contributed by atoms with Crippen LogP contribution in [0.5, 0.6) is 0 Å². The Morgan fingerprint density at radius 3 is 2.36 bits per heavy atom. The Bertz CT molecular complexity index is 314. The summed E-state index contributed by atoms with van der Waals surface area (Å²) in [6.07, 6.45) is 0. The van der Waals surface area contributed by atoms with Crippen molar-refractivity contribution in [3.8, 4) is 0 Å². The maximum absolute atomic E-state index is 11.1. The molecule has 0 unspecified atom stereocenters. The summed E-state index contributed by atoms with van der Waals surface area (Å²) in [5.41, 5.74) is 0. The molecule has 1 rings (SSSR count). The monoisotopic (exact) mass is 232 g/mol. The van der Waals surface area contributed by atoms with Gasteiger partial charge in [0.1, 0.15) is 0 Å². The average Bonchev–Trinajstić information content (AvgIpc) is 2.05. The molecule has 0 amide bonds. The van der Waals surface area contributed by atoms with E-state index in [9.17, 15) is 4.21 Å². The van der Waals surface area contributed by atoms with Crippen LogP contribution in [-0.2, 0) is 14.8 Å². The number of benzene rings is 1. The lowest BCUT2D eigenvalue weighted by Gasteiger charge is -2.02. The Hall–Kier alpha value is -0.350. The van der Waals surface area contributed by atoms with Crippen molar-refractivity contribution >= 4 is 26.5 Å². The summed E-state index contributed by atoms with van der Waals surface area (Å²) < 4.78 is 15.7. The van der Waals surface area contributed by atoms with E-state index in [1.54, 1.807) is 12.1 Å². The van der Waals surface area contributed by atoms with Gasteiger partial charge in [-0.05, 0) is 12.1 Å². The summed E-state index contributed by atoms with van der Waals surface area (Å²) >= 11 is 3.29. The number of halogens is 1. The van der Waals surface area contributed by atoms with E-state index in [4.69, 9.17) is 0 Å². The molecule has 1 aromatic rings. The number of rotatable bonds is 1. The van der Waals surface area contributed by atoms with E-state index in [2.05, 4.69) is 20.3 Å². The number of hydrogen-bond donors (Lipinski definition) is 0. The molecule has 0 fully saturated rings. The summed E-state index contributed by atoms with van der Waals surface area (Å²) in [6, 6.07) is 7.26. The van der Waals surface area contributed by atoms with Gasteiger partial charge < -0.3 is 8.57 Å². The third kappa shape index (κ3) is 2.31. The molecule has 0 aliphatic rings. The Balaban J connectivity index is 3.09. The van der Waals surface area contributed by atoms with E-state index < -0.39 is 10.6 Å². The maximum Gasteiger partial charge on any atom is 0.0174 e. The number of nitrogens with zero attached hydrogens (tertiary/aromatic N) is 1. The van der Waals surface area contributed by atoms with Crippen LogP contribution in [0.25, 0.3) is 0 Å². The molecule has 0 radical (unpaired) electrons. The van der Waals surface area contributed by atoms with Crippen molar-refractivity contribution in [2.24, 2.45) is 4.36 Å².